The molecule has 212 valence electrons. The fourth-order valence-electron chi connectivity index (χ4n) is 1.75. The largest absolute Gasteiger partial charge is 0.460 e. The maximum Gasteiger partial charge on any atom is 0.460 e. The summed E-state index contributed by atoms with van der Waals surface area (Å²) in [4.78, 5) is 0. The van der Waals surface area contributed by atoms with Gasteiger partial charge in [0.05, 0.1) is 0 Å². The van der Waals surface area contributed by atoms with Crippen LogP contribution < -0.4 is 0 Å². The van der Waals surface area contributed by atoms with Crippen LogP contribution in [0.1, 0.15) is 0 Å². The first-order valence-electron chi connectivity index (χ1n) is 7.07. The molecule has 0 amide bonds. The molecule has 0 aliphatic rings. The van der Waals surface area contributed by atoms with Crippen molar-refractivity contribution in [1.29, 1.82) is 0 Å². The Kier molecular flexibility index (Phi) is 7.32. The first kappa shape index (κ1) is 33.4. The van der Waals surface area contributed by atoms with Crippen LogP contribution in [0.4, 0.5) is 101 Å². The van der Waals surface area contributed by atoms with Gasteiger partial charge in [0.1, 0.15) is 0 Å². The van der Waals surface area contributed by atoms with Gasteiger partial charge in [-0.25, -0.2) is 0 Å². The molecule has 1 atom stereocenters. The van der Waals surface area contributed by atoms with E-state index in [1.165, 1.54) is 0 Å². The molecule has 24 heteroatoms. The van der Waals surface area contributed by atoms with Gasteiger partial charge < -0.3 is 5.11 Å². The molecule has 0 aromatic heterocycles. The summed E-state index contributed by atoms with van der Waals surface area (Å²) in [7, 11) is 0. The number of hydrogen-bond acceptors (Lipinski definition) is 1. The first-order valence-corrected chi connectivity index (χ1v) is 7.07. The molecule has 0 heterocycles. The van der Waals surface area contributed by atoms with Gasteiger partial charge in [0.25, 0.3) is 0 Å². The van der Waals surface area contributed by atoms with E-state index in [0.717, 1.165) is 0 Å². The Labute approximate surface area is 173 Å². The third-order valence-electron chi connectivity index (χ3n) is 3.91. The van der Waals surface area contributed by atoms with Crippen LogP contribution in [0, 0.1) is 0 Å². The van der Waals surface area contributed by atoms with Crippen LogP contribution in [0.3, 0.4) is 0 Å². The van der Waals surface area contributed by atoms with E-state index in [1.54, 1.807) is 0 Å². The highest BCUT2D eigenvalue weighted by Crippen LogP contribution is 2.66. The summed E-state index contributed by atoms with van der Waals surface area (Å²) in [5, 5.41) is 7.75. The zero-order valence-electron chi connectivity index (χ0n) is 14.6. The van der Waals surface area contributed by atoms with Crippen molar-refractivity contribution in [3.8, 4) is 0 Å². The minimum absolute atomic E-state index is 7.75. The second-order valence-electron chi connectivity index (χ2n) is 6.21. The van der Waals surface area contributed by atoms with Crippen molar-refractivity contribution < 1.29 is 106 Å². The lowest BCUT2D eigenvalue weighted by atomic mass is 9.86. The van der Waals surface area contributed by atoms with Crippen LogP contribution in [0.5, 0.6) is 0 Å². The summed E-state index contributed by atoms with van der Waals surface area (Å²) >= 11 is 0. The topological polar surface area (TPSA) is 20.2 Å². The molecular weight excluding hydrogens is 585 g/mol. The Hall–Kier alpha value is -1.65. The van der Waals surface area contributed by atoms with Crippen LogP contribution in [-0.4, -0.2) is 70.7 Å². The molecule has 35 heavy (non-hydrogen) atoms. The average Bonchev–Trinajstić information content (AvgIpc) is 2.58. The molecule has 0 bridgehead atoms. The highest BCUT2D eigenvalue weighted by molar-refractivity contribution is 5.18. The van der Waals surface area contributed by atoms with Crippen molar-refractivity contribution in [3.05, 3.63) is 0 Å². The van der Waals surface area contributed by atoms with Crippen LogP contribution in [0.2, 0.25) is 0 Å². The predicted molar refractivity (Wildman–Crippen MR) is 57.7 cm³/mol. The Morgan fingerprint density at radius 1 is 0.229 bits per heavy atom. The zero-order valence-corrected chi connectivity index (χ0v) is 14.6. The number of aliphatic hydroxyl groups is 1. The van der Waals surface area contributed by atoms with Crippen molar-refractivity contribution in [3.63, 3.8) is 0 Å². The van der Waals surface area contributed by atoms with Gasteiger partial charge in [0, 0.05) is 0 Å². The molecule has 0 fully saturated rings. The molecule has 0 aromatic carbocycles. The fourth-order valence-corrected chi connectivity index (χ4v) is 1.75. The van der Waals surface area contributed by atoms with Crippen molar-refractivity contribution in [2.75, 3.05) is 0 Å². The molecule has 0 spiro atoms. The Bertz CT molecular complexity index is 716. The lowest BCUT2D eigenvalue weighted by Gasteiger charge is -2.44. The lowest BCUT2D eigenvalue weighted by molar-refractivity contribution is -0.487. The Morgan fingerprint density at radius 3 is 0.571 bits per heavy atom. The molecule has 0 saturated heterocycles. The van der Waals surface area contributed by atoms with E-state index in [1.807, 2.05) is 0 Å². The van der Waals surface area contributed by atoms with E-state index in [0.29, 0.717) is 0 Å². The fraction of sp³-hybridized carbons (Fsp3) is 1.00. The van der Waals surface area contributed by atoms with Crippen LogP contribution in [-0.2, 0) is 0 Å². The van der Waals surface area contributed by atoms with E-state index in [-0.39, 0.29) is 0 Å². The van der Waals surface area contributed by atoms with Gasteiger partial charge in [-0.05, 0) is 0 Å². The lowest BCUT2D eigenvalue weighted by Crippen LogP contribution is -2.77. The summed E-state index contributed by atoms with van der Waals surface area (Å²) in [5.74, 6) is -80.9. The summed E-state index contributed by atoms with van der Waals surface area (Å²) in [6.45, 7) is 0. The molecular formula is C11HF23O. The SMILES string of the molecule is OC(F)(C(F)(F)F)C(F)(F)C(F)(F)C(F)(F)C(F)(F)C(F)(F)C(F)(F)C(F)(F)C(F)(F)C(F)(F)F. The van der Waals surface area contributed by atoms with E-state index in [4.69, 9.17) is 5.11 Å². The average molecular weight is 586 g/mol. The number of hydrogen-bond donors (Lipinski definition) is 1. The molecule has 1 unspecified atom stereocenters. The second kappa shape index (κ2) is 7.68. The van der Waals surface area contributed by atoms with Crippen molar-refractivity contribution >= 4 is 0 Å². The van der Waals surface area contributed by atoms with E-state index in [2.05, 4.69) is 0 Å². The summed E-state index contributed by atoms with van der Waals surface area (Å²) < 4.78 is 293. The van der Waals surface area contributed by atoms with E-state index >= 15 is 0 Å². The van der Waals surface area contributed by atoms with E-state index in [9.17, 15) is 101 Å². The number of alkyl halides is 23. The predicted octanol–water partition coefficient (Wildman–Crippen LogP) is 6.85. The quantitative estimate of drug-likeness (QED) is 0.309. The maximum atomic E-state index is 13.3. The summed E-state index contributed by atoms with van der Waals surface area (Å²) in [5.41, 5.74) is 0. The second-order valence-corrected chi connectivity index (χ2v) is 6.21. The molecule has 1 N–H and O–H groups in total. The van der Waals surface area contributed by atoms with Gasteiger partial charge in [0.15, 0.2) is 0 Å². The van der Waals surface area contributed by atoms with E-state index < -0.39 is 65.6 Å². The van der Waals surface area contributed by atoms with Crippen LogP contribution in [0.25, 0.3) is 0 Å². The standard InChI is InChI=1S/C11HF23O/c12-1(13,2(14,15)4(18,19)6(22,23)8(26,27)10(29,30)31)3(16,17)5(20,21)7(24,25)9(28,35)11(32,33)34/h35H. The van der Waals surface area contributed by atoms with Gasteiger partial charge in [-0.2, -0.15) is 101 Å². The zero-order chi connectivity index (χ0) is 29.5. The van der Waals surface area contributed by atoms with Gasteiger partial charge in [0.2, 0.25) is 0 Å². The monoisotopic (exact) mass is 586 g/mol. The maximum absolute atomic E-state index is 13.3. The third-order valence-corrected chi connectivity index (χ3v) is 3.91. The van der Waals surface area contributed by atoms with Gasteiger partial charge in [-0.1, -0.05) is 0 Å². The van der Waals surface area contributed by atoms with Crippen molar-refractivity contribution in [2.45, 2.75) is 65.6 Å². The summed E-state index contributed by atoms with van der Waals surface area (Å²) in [6, 6.07) is 0. The van der Waals surface area contributed by atoms with Crippen LogP contribution in [0.15, 0.2) is 0 Å². The Morgan fingerprint density at radius 2 is 0.400 bits per heavy atom. The normalized spacial score (nSPS) is 18.5. The smallest absolute Gasteiger partial charge is 0.350 e. The first-order chi connectivity index (χ1) is 14.5. The van der Waals surface area contributed by atoms with Gasteiger partial charge in [-0.3, -0.25) is 0 Å². The number of rotatable bonds is 8. The number of halogens is 23. The molecule has 0 aromatic rings. The molecule has 0 radical (unpaired) electrons. The van der Waals surface area contributed by atoms with Gasteiger partial charge in [-0.15, -0.1) is 0 Å². The third kappa shape index (κ3) is 3.82. The van der Waals surface area contributed by atoms with Crippen molar-refractivity contribution in [2.24, 2.45) is 0 Å². The molecule has 0 rings (SSSR count). The van der Waals surface area contributed by atoms with Crippen LogP contribution >= 0.6 is 0 Å². The minimum Gasteiger partial charge on any atom is -0.350 e. The minimum atomic E-state index is -9.41. The molecule has 1 nitrogen and oxygen atoms in total. The summed E-state index contributed by atoms with van der Waals surface area (Å²) in [6.07, 6.45) is -16.0. The Balaban J connectivity index is 7.15. The molecule has 0 aliphatic carbocycles. The highest BCUT2D eigenvalue weighted by atomic mass is 19.4. The molecule has 0 aliphatic heterocycles. The highest BCUT2D eigenvalue weighted by Gasteiger charge is 2.98. The van der Waals surface area contributed by atoms with Gasteiger partial charge >= 0.3 is 65.6 Å². The van der Waals surface area contributed by atoms with Crippen molar-refractivity contribution in [1.82, 2.24) is 0 Å². The molecule has 0 saturated carbocycles.